The van der Waals surface area contributed by atoms with Gasteiger partial charge in [0, 0.05) is 25.6 Å². The van der Waals surface area contributed by atoms with Crippen molar-refractivity contribution in [3.05, 3.63) is 0 Å². The summed E-state index contributed by atoms with van der Waals surface area (Å²) in [6, 6.07) is -0.0433. The second-order valence-electron chi connectivity index (χ2n) is 5.14. The maximum atomic E-state index is 12.0. The number of carboxylic acids is 1. The highest BCUT2D eigenvalue weighted by Crippen LogP contribution is 2.33. The molecular formula is C12H20N2O4. The Morgan fingerprint density at radius 2 is 2.17 bits per heavy atom. The number of carbonyl (C=O) groups excluding carboxylic acids is 1. The lowest BCUT2D eigenvalue weighted by Crippen LogP contribution is -2.47. The molecule has 102 valence electrons. The van der Waals surface area contributed by atoms with E-state index in [1.54, 1.807) is 4.90 Å². The van der Waals surface area contributed by atoms with E-state index in [0.717, 1.165) is 12.8 Å². The number of nitrogens with two attached hydrogens (primary N) is 1. The van der Waals surface area contributed by atoms with Crippen molar-refractivity contribution < 1.29 is 19.4 Å². The Bertz CT molecular complexity index is 330. The van der Waals surface area contributed by atoms with E-state index in [2.05, 4.69) is 0 Å². The third-order valence-corrected chi connectivity index (χ3v) is 3.53. The standard InChI is InChI=1S/C12H20N2O4/c13-10(8-1-2-8)6-11(15)14-3-4-18-9(7-14)5-12(16)17/h8-10H,1-7,13H2,(H,16,17). The predicted molar refractivity (Wildman–Crippen MR) is 63.9 cm³/mol. The molecule has 1 aliphatic carbocycles. The molecule has 0 bridgehead atoms. The molecule has 1 saturated carbocycles. The van der Waals surface area contributed by atoms with Gasteiger partial charge in [0.1, 0.15) is 0 Å². The number of aliphatic carboxylic acids is 1. The number of amides is 1. The Hall–Kier alpha value is -1.14. The largest absolute Gasteiger partial charge is 0.481 e. The quantitative estimate of drug-likeness (QED) is 0.711. The van der Waals surface area contributed by atoms with Crippen LogP contribution in [-0.2, 0) is 14.3 Å². The van der Waals surface area contributed by atoms with Crippen LogP contribution in [0.25, 0.3) is 0 Å². The highest BCUT2D eigenvalue weighted by Gasteiger charge is 2.32. The molecular weight excluding hydrogens is 236 g/mol. The Kier molecular flexibility index (Phi) is 4.19. The average Bonchev–Trinajstić information content (AvgIpc) is 3.12. The summed E-state index contributed by atoms with van der Waals surface area (Å²) in [5.41, 5.74) is 5.93. The zero-order chi connectivity index (χ0) is 13.1. The van der Waals surface area contributed by atoms with E-state index in [-0.39, 0.29) is 18.4 Å². The number of morpholine rings is 1. The van der Waals surface area contributed by atoms with Crippen LogP contribution in [0.15, 0.2) is 0 Å². The number of rotatable bonds is 5. The summed E-state index contributed by atoms with van der Waals surface area (Å²) in [4.78, 5) is 24.3. The lowest BCUT2D eigenvalue weighted by atomic mass is 10.1. The second kappa shape index (κ2) is 5.67. The predicted octanol–water partition coefficient (Wildman–Crippen LogP) is -0.184. The maximum Gasteiger partial charge on any atom is 0.306 e. The maximum absolute atomic E-state index is 12.0. The molecule has 2 unspecified atom stereocenters. The highest BCUT2D eigenvalue weighted by molar-refractivity contribution is 5.77. The zero-order valence-corrected chi connectivity index (χ0v) is 10.4. The molecule has 6 heteroatoms. The molecule has 1 heterocycles. The van der Waals surface area contributed by atoms with Crippen LogP contribution in [0, 0.1) is 5.92 Å². The van der Waals surface area contributed by atoms with Crippen molar-refractivity contribution in [1.82, 2.24) is 4.90 Å². The molecule has 0 spiro atoms. The normalized spacial score (nSPS) is 25.8. The zero-order valence-electron chi connectivity index (χ0n) is 10.4. The van der Waals surface area contributed by atoms with Gasteiger partial charge in [-0.1, -0.05) is 0 Å². The summed E-state index contributed by atoms with van der Waals surface area (Å²) >= 11 is 0. The first kappa shape index (κ1) is 13.3. The Labute approximate surface area is 106 Å². The van der Waals surface area contributed by atoms with Gasteiger partial charge in [0.05, 0.1) is 19.1 Å². The Morgan fingerprint density at radius 1 is 1.44 bits per heavy atom. The van der Waals surface area contributed by atoms with Crippen molar-refractivity contribution in [2.75, 3.05) is 19.7 Å². The first-order valence-electron chi connectivity index (χ1n) is 6.43. The van der Waals surface area contributed by atoms with E-state index < -0.39 is 12.1 Å². The molecule has 0 aromatic rings. The van der Waals surface area contributed by atoms with Crippen molar-refractivity contribution in [2.45, 2.75) is 37.8 Å². The third-order valence-electron chi connectivity index (χ3n) is 3.53. The minimum absolute atomic E-state index is 0.0214. The summed E-state index contributed by atoms with van der Waals surface area (Å²) in [5.74, 6) is -0.373. The van der Waals surface area contributed by atoms with Gasteiger partial charge in [-0.3, -0.25) is 9.59 Å². The van der Waals surface area contributed by atoms with E-state index in [1.165, 1.54) is 0 Å². The van der Waals surface area contributed by atoms with Gasteiger partial charge in [-0.05, 0) is 18.8 Å². The fourth-order valence-corrected chi connectivity index (χ4v) is 2.29. The molecule has 6 nitrogen and oxygen atoms in total. The van der Waals surface area contributed by atoms with Crippen molar-refractivity contribution >= 4 is 11.9 Å². The molecule has 2 atom stereocenters. The Morgan fingerprint density at radius 3 is 2.78 bits per heavy atom. The molecule has 3 N–H and O–H groups in total. The van der Waals surface area contributed by atoms with E-state index in [0.29, 0.717) is 32.0 Å². The van der Waals surface area contributed by atoms with Gasteiger partial charge >= 0.3 is 5.97 Å². The number of hydrogen-bond donors (Lipinski definition) is 2. The molecule has 0 radical (unpaired) electrons. The van der Waals surface area contributed by atoms with Crippen LogP contribution >= 0.6 is 0 Å². The highest BCUT2D eigenvalue weighted by atomic mass is 16.5. The molecule has 0 aromatic heterocycles. The summed E-state index contributed by atoms with van der Waals surface area (Å²) in [5, 5.41) is 8.71. The lowest BCUT2D eigenvalue weighted by molar-refractivity contribution is -0.147. The van der Waals surface area contributed by atoms with Gasteiger partial charge in [0.15, 0.2) is 0 Å². The van der Waals surface area contributed by atoms with E-state index in [1.807, 2.05) is 0 Å². The van der Waals surface area contributed by atoms with Crippen LogP contribution in [-0.4, -0.2) is 53.7 Å². The van der Waals surface area contributed by atoms with Crippen LogP contribution in [0.3, 0.4) is 0 Å². The summed E-state index contributed by atoms with van der Waals surface area (Å²) in [6.45, 7) is 1.30. The molecule has 2 aliphatic rings. The van der Waals surface area contributed by atoms with Crippen LogP contribution in [0.1, 0.15) is 25.7 Å². The molecule has 2 rings (SSSR count). The van der Waals surface area contributed by atoms with Gasteiger partial charge in [0.25, 0.3) is 0 Å². The van der Waals surface area contributed by atoms with Crippen molar-refractivity contribution in [2.24, 2.45) is 11.7 Å². The van der Waals surface area contributed by atoms with Gasteiger partial charge in [-0.2, -0.15) is 0 Å². The molecule has 18 heavy (non-hydrogen) atoms. The van der Waals surface area contributed by atoms with Gasteiger partial charge in [-0.15, -0.1) is 0 Å². The molecule has 1 saturated heterocycles. The fourth-order valence-electron chi connectivity index (χ4n) is 2.29. The van der Waals surface area contributed by atoms with Gasteiger partial charge in [-0.25, -0.2) is 0 Å². The minimum Gasteiger partial charge on any atom is -0.481 e. The SMILES string of the molecule is NC(CC(=O)N1CCOC(CC(=O)O)C1)C1CC1. The first-order chi connectivity index (χ1) is 8.56. The topological polar surface area (TPSA) is 92.9 Å². The summed E-state index contributed by atoms with van der Waals surface area (Å²) < 4.78 is 5.33. The summed E-state index contributed by atoms with van der Waals surface area (Å²) in [7, 11) is 0. The molecule has 1 aliphatic heterocycles. The van der Waals surface area contributed by atoms with E-state index in [9.17, 15) is 9.59 Å². The minimum atomic E-state index is -0.899. The first-order valence-corrected chi connectivity index (χ1v) is 6.43. The lowest BCUT2D eigenvalue weighted by Gasteiger charge is -2.33. The monoisotopic (exact) mass is 256 g/mol. The fraction of sp³-hybridized carbons (Fsp3) is 0.833. The second-order valence-corrected chi connectivity index (χ2v) is 5.14. The van der Waals surface area contributed by atoms with E-state index >= 15 is 0 Å². The average molecular weight is 256 g/mol. The Balaban J connectivity index is 1.79. The van der Waals surface area contributed by atoms with Crippen LogP contribution in [0.4, 0.5) is 0 Å². The summed E-state index contributed by atoms with van der Waals surface area (Å²) in [6.07, 6.45) is 2.17. The van der Waals surface area contributed by atoms with Crippen LogP contribution in [0.5, 0.6) is 0 Å². The number of nitrogens with zero attached hydrogens (tertiary/aromatic N) is 1. The van der Waals surface area contributed by atoms with Gasteiger partial charge < -0.3 is 20.5 Å². The van der Waals surface area contributed by atoms with Gasteiger partial charge in [0.2, 0.25) is 5.91 Å². The number of carbonyl (C=O) groups is 2. The molecule has 1 amide bonds. The van der Waals surface area contributed by atoms with Crippen molar-refractivity contribution in [3.63, 3.8) is 0 Å². The van der Waals surface area contributed by atoms with Crippen LogP contribution < -0.4 is 5.73 Å². The number of carboxylic acid groups (broad SMARTS) is 1. The van der Waals surface area contributed by atoms with Crippen molar-refractivity contribution in [1.29, 1.82) is 0 Å². The number of hydrogen-bond acceptors (Lipinski definition) is 4. The smallest absolute Gasteiger partial charge is 0.306 e. The van der Waals surface area contributed by atoms with E-state index in [4.69, 9.17) is 15.6 Å². The van der Waals surface area contributed by atoms with Crippen molar-refractivity contribution in [3.8, 4) is 0 Å². The third kappa shape index (κ3) is 3.68. The van der Waals surface area contributed by atoms with Crippen LogP contribution in [0.2, 0.25) is 0 Å². The number of ether oxygens (including phenoxy) is 1. The molecule has 2 fully saturated rings. The molecule has 0 aromatic carbocycles.